The van der Waals surface area contributed by atoms with Crippen molar-refractivity contribution in [1.29, 1.82) is 5.26 Å². The number of likely N-dealkylation sites (tertiary alicyclic amines) is 1. The number of carbonyl (C=O) groups is 2. The number of benzene rings is 1. The number of aliphatic hydroxyl groups excluding tert-OH is 1. The van der Waals surface area contributed by atoms with Crippen molar-refractivity contribution in [3.8, 4) is 6.07 Å². The molecule has 3 heterocycles. The molecule has 208 valence electrons. The van der Waals surface area contributed by atoms with Crippen LogP contribution in [0.2, 0.25) is 0 Å². The van der Waals surface area contributed by atoms with Gasteiger partial charge in [-0.05, 0) is 49.3 Å². The average molecular weight is 538 g/mol. The van der Waals surface area contributed by atoms with Gasteiger partial charge in [-0.25, -0.2) is 9.07 Å². The molecule has 39 heavy (non-hydrogen) atoms. The third kappa shape index (κ3) is 5.76. The summed E-state index contributed by atoms with van der Waals surface area (Å²) in [4.78, 5) is 30.8. The van der Waals surface area contributed by atoms with Crippen LogP contribution >= 0.6 is 0 Å². The highest BCUT2D eigenvalue weighted by atomic mass is 19.1. The summed E-state index contributed by atoms with van der Waals surface area (Å²) in [5.41, 5.74) is 1.03. The van der Waals surface area contributed by atoms with Gasteiger partial charge in [-0.2, -0.15) is 5.26 Å². The fourth-order valence-electron chi connectivity index (χ4n) is 5.77. The zero-order valence-corrected chi connectivity index (χ0v) is 22.7. The maximum Gasteiger partial charge on any atom is 0.248 e. The Morgan fingerprint density at radius 1 is 1.23 bits per heavy atom. The molecule has 0 spiro atoms. The Morgan fingerprint density at radius 2 is 2.00 bits per heavy atom. The molecule has 10 nitrogen and oxygen atoms in total. The Kier molecular flexibility index (Phi) is 7.33. The zero-order valence-electron chi connectivity index (χ0n) is 22.7. The average Bonchev–Trinajstić information content (AvgIpc) is 3.49. The van der Waals surface area contributed by atoms with Crippen molar-refractivity contribution >= 4 is 17.5 Å². The second kappa shape index (κ2) is 10.6. The molecule has 0 radical (unpaired) electrons. The number of rotatable bonds is 6. The summed E-state index contributed by atoms with van der Waals surface area (Å²) >= 11 is 0. The van der Waals surface area contributed by atoms with E-state index in [0.29, 0.717) is 24.7 Å². The molecular formula is C28H36FN7O3. The van der Waals surface area contributed by atoms with Crippen molar-refractivity contribution in [3.05, 3.63) is 41.5 Å². The van der Waals surface area contributed by atoms with Gasteiger partial charge < -0.3 is 20.2 Å². The SMILES string of the molecule is CC(C)(C)[C@@H](C(=O)N1CC(O)CC1C(=O)NC1CCCN(c2ccc(C#N)cc2F)C1)n1cc(C2CC2)nn1. The monoisotopic (exact) mass is 537 g/mol. The van der Waals surface area contributed by atoms with Crippen LogP contribution in [0.4, 0.5) is 10.1 Å². The summed E-state index contributed by atoms with van der Waals surface area (Å²) in [6, 6.07) is 4.60. The Labute approximate surface area is 227 Å². The minimum Gasteiger partial charge on any atom is -0.391 e. The molecule has 2 aliphatic heterocycles. The molecule has 5 rings (SSSR count). The first-order valence-corrected chi connectivity index (χ1v) is 13.7. The predicted molar refractivity (Wildman–Crippen MR) is 141 cm³/mol. The third-order valence-electron chi connectivity index (χ3n) is 7.89. The molecule has 1 saturated carbocycles. The van der Waals surface area contributed by atoms with E-state index in [9.17, 15) is 19.1 Å². The van der Waals surface area contributed by atoms with Gasteiger partial charge in [-0.15, -0.1) is 5.10 Å². The van der Waals surface area contributed by atoms with Gasteiger partial charge in [0, 0.05) is 44.2 Å². The van der Waals surface area contributed by atoms with Crippen LogP contribution in [0.15, 0.2) is 24.4 Å². The van der Waals surface area contributed by atoms with Crippen LogP contribution in [0.5, 0.6) is 0 Å². The van der Waals surface area contributed by atoms with Crippen LogP contribution in [-0.2, 0) is 9.59 Å². The van der Waals surface area contributed by atoms with Crippen molar-refractivity contribution in [3.63, 3.8) is 0 Å². The fourth-order valence-corrected chi connectivity index (χ4v) is 5.77. The number of aromatic nitrogens is 3. The maximum absolute atomic E-state index is 14.6. The predicted octanol–water partition coefficient (Wildman–Crippen LogP) is 2.50. The highest BCUT2D eigenvalue weighted by Gasteiger charge is 2.46. The number of hydrogen-bond acceptors (Lipinski definition) is 7. The van der Waals surface area contributed by atoms with Gasteiger partial charge in [0.05, 0.1) is 29.1 Å². The number of anilines is 1. The van der Waals surface area contributed by atoms with Crippen molar-refractivity contribution in [2.24, 2.45) is 5.41 Å². The summed E-state index contributed by atoms with van der Waals surface area (Å²) in [5.74, 6) is -0.661. The van der Waals surface area contributed by atoms with Crippen LogP contribution in [0, 0.1) is 22.6 Å². The van der Waals surface area contributed by atoms with Gasteiger partial charge in [0.1, 0.15) is 17.9 Å². The third-order valence-corrected chi connectivity index (χ3v) is 7.89. The summed E-state index contributed by atoms with van der Waals surface area (Å²) < 4.78 is 16.2. The molecule has 2 amide bonds. The zero-order chi connectivity index (χ0) is 27.9. The lowest BCUT2D eigenvalue weighted by molar-refractivity contribution is -0.144. The topological polar surface area (TPSA) is 127 Å². The number of nitriles is 1. The highest BCUT2D eigenvalue weighted by Crippen LogP contribution is 2.40. The van der Waals surface area contributed by atoms with Gasteiger partial charge >= 0.3 is 0 Å². The number of aliphatic hydroxyl groups is 1. The number of amides is 2. The molecule has 1 aliphatic carbocycles. The lowest BCUT2D eigenvalue weighted by atomic mass is 9.85. The van der Waals surface area contributed by atoms with Crippen LogP contribution in [0.1, 0.15) is 76.1 Å². The van der Waals surface area contributed by atoms with Crippen LogP contribution in [0.25, 0.3) is 0 Å². The van der Waals surface area contributed by atoms with Crippen LogP contribution < -0.4 is 10.2 Å². The summed E-state index contributed by atoms with van der Waals surface area (Å²) in [7, 11) is 0. The highest BCUT2D eigenvalue weighted by molar-refractivity contribution is 5.90. The minimum absolute atomic E-state index is 0.0704. The first kappa shape index (κ1) is 27.1. The smallest absolute Gasteiger partial charge is 0.248 e. The van der Waals surface area contributed by atoms with Crippen LogP contribution in [-0.4, -0.2) is 74.6 Å². The van der Waals surface area contributed by atoms with E-state index in [4.69, 9.17) is 5.26 Å². The lowest BCUT2D eigenvalue weighted by Gasteiger charge is -2.37. The number of β-amino-alcohol motifs (C(OH)–C–C–N with tert-alkyl or cyclic N) is 1. The minimum atomic E-state index is -0.814. The molecule has 1 aromatic carbocycles. The first-order valence-electron chi connectivity index (χ1n) is 13.7. The number of piperidine rings is 1. The van der Waals surface area contributed by atoms with Crippen molar-refractivity contribution in [2.75, 3.05) is 24.5 Å². The Hall–Kier alpha value is -3.52. The molecule has 11 heteroatoms. The largest absolute Gasteiger partial charge is 0.391 e. The van der Waals surface area contributed by atoms with Crippen molar-refractivity contribution < 1.29 is 19.1 Å². The van der Waals surface area contributed by atoms with E-state index >= 15 is 0 Å². The Balaban J connectivity index is 1.29. The normalized spacial score (nSPS) is 24.4. The Bertz CT molecular complexity index is 1280. The molecule has 3 aliphatic rings. The van der Waals surface area contributed by atoms with Crippen LogP contribution in [0.3, 0.4) is 0 Å². The van der Waals surface area contributed by atoms with Gasteiger partial charge in [-0.3, -0.25) is 9.59 Å². The summed E-state index contributed by atoms with van der Waals surface area (Å²) in [5, 5.41) is 31.1. The first-order chi connectivity index (χ1) is 18.5. The number of nitrogens with one attached hydrogen (secondary N) is 1. The number of carbonyl (C=O) groups excluding carboxylic acids is 2. The molecule has 0 bridgehead atoms. The second-order valence-corrected chi connectivity index (χ2v) is 12.1. The molecule has 1 aromatic heterocycles. The standard InChI is InChI=1S/C28H36FN7O3/c1-28(2,3)25(36-16-22(32-33-36)18-7-8-18)27(39)35-15-20(37)12-24(35)26(38)31-19-5-4-10-34(14-19)23-9-6-17(13-30)11-21(23)29/h6,9,11,16,18-20,24-25,37H,4-5,7-8,10,12,14-15H2,1-3H3,(H,31,38)/t19?,20?,24?,25-/m1/s1. The Morgan fingerprint density at radius 3 is 2.67 bits per heavy atom. The van der Waals surface area contributed by atoms with E-state index in [0.717, 1.165) is 31.4 Å². The van der Waals surface area contributed by atoms with E-state index in [1.807, 2.05) is 37.9 Å². The number of hydrogen-bond donors (Lipinski definition) is 2. The number of halogens is 1. The lowest BCUT2D eigenvalue weighted by Crippen LogP contribution is -2.54. The van der Waals surface area contributed by atoms with Crippen molar-refractivity contribution in [2.45, 2.75) is 83.0 Å². The summed E-state index contributed by atoms with van der Waals surface area (Å²) in [6.07, 6.45) is 4.80. The second-order valence-electron chi connectivity index (χ2n) is 12.1. The molecule has 3 unspecified atom stereocenters. The fraction of sp³-hybridized carbons (Fsp3) is 0.607. The quantitative estimate of drug-likeness (QED) is 0.580. The van der Waals surface area contributed by atoms with Gasteiger partial charge in [0.15, 0.2) is 0 Å². The van der Waals surface area contributed by atoms with Gasteiger partial charge in [-0.1, -0.05) is 26.0 Å². The summed E-state index contributed by atoms with van der Waals surface area (Å²) in [6.45, 7) is 6.97. The van der Waals surface area contributed by atoms with Gasteiger partial charge in [0.2, 0.25) is 11.8 Å². The maximum atomic E-state index is 14.6. The van der Waals surface area contributed by atoms with E-state index in [1.165, 1.54) is 11.0 Å². The van der Waals surface area contributed by atoms with E-state index < -0.39 is 29.4 Å². The molecule has 3 fully saturated rings. The van der Waals surface area contributed by atoms with E-state index in [-0.39, 0.29) is 36.4 Å². The molecule has 2 saturated heterocycles. The van der Waals surface area contributed by atoms with Gasteiger partial charge in [0.25, 0.3) is 0 Å². The number of nitrogens with zero attached hydrogens (tertiary/aromatic N) is 6. The molecular weight excluding hydrogens is 501 g/mol. The van der Waals surface area contributed by atoms with Crippen molar-refractivity contribution in [1.82, 2.24) is 25.2 Å². The molecule has 2 aromatic rings. The molecule has 4 atom stereocenters. The molecule has 2 N–H and O–H groups in total. The van der Waals surface area contributed by atoms with E-state index in [2.05, 4.69) is 15.6 Å². The van der Waals surface area contributed by atoms with E-state index in [1.54, 1.807) is 16.8 Å².